The molecule has 1 rings (SSSR count). The van der Waals surface area contributed by atoms with E-state index in [2.05, 4.69) is 0 Å². The van der Waals surface area contributed by atoms with Crippen LogP contribution in [0.25, 0.3) is 0 Å². The molecule has 1 aliphatic rings. The van der Waals surface area contributed by atoms with Gasteiger partial charge in [0.05, 0.1) is 13.2 Å². The van der Waals surface area contributed by atoms with E-state index in [4.69, 9.17) is 20.1 Å². The maximum atomic E-state index is 11.7. The highest BCUT2D eigenvalue weighted by atomic mass is 16.6. The van der Waals surface area contributed by atoms with E-state index < -0.39 is 61.7 Å². The number of ether oxygens (including phenoxy) is 1. The number of rotatable bonds is 6. The molecule has 7 N–H and O–H groups in total. The molecular weight excluding hydrogens is 264 g/mol. The topological polar surface area (TPSA) is 168 Å². The van der Waals surface area contributed by atoms with Gasteiger partial charge in [0, 0.05) is 0 Å². The Hall–Kier alpha value is -0.650. The molecule has 1 heterocycles. The molecule has 0 aromatic rings. The third kappa shape index (κ3) is 3.27. The molecule has 1 fully saturated rings. The Kier molecular flexibility index (Phi) is 5.77. The molecule has 0 amide bonds. The molecule has 0 aromatic carbocycles. The minimum absolute atomic E-state index is 0.639. The first-order valence-corrected chi connectivity index (χ1v) is 5.66. The smallest absolute Gasteiger partial charge is 0.195 e. The van der Waals surface area contributed by atoms with Gasteiger partial charge in [0.25, 0.3) is 0 Å². The second kappa shape index (κ2) is 6.68. The Labute approximate surface area is 108 Å². The molecular formula is C10H18O9. The Balaban J connectivity index is 2.73. The molecule has 1 saturated heterocycles. The van der Waals surface area contributed by atoms with E-state index in [0.717, 1.165) is 0 Å². The van der Waals surface area contributed by atoms with Crippen LogP contribution in [-0.4, -0.2) is 97.5 Å². The predicted molar refractivity (Wildman–Crippen MR) is 57.9 cm³/mol. The molecule has 7 atom stereocenters. The lowest BCUT2D eigenvalue weighted by Crippen LogP contribution is -2.50. The number of aliphatic hydroxyl groups excluding tert-OH is 7. The number of carbonyl (C=O) groups is 1. The zero-order valence-electron chi connectivity index (χ0n) is 9.90. The molecule has 0 aromatic heterocycles. The van der Waals surface area contributed by atoms with E-state index >= 15 is 0 Å². The van der Waals surface area contributed by atoms with Crippen molar-refractivity contribution in [1.29, 1.82) is 0 Å². The van der Waals surface area contributed by atoms with Crippen molar-refractivity contribution in [2.24, 2.45) is 0 Å². The average Bonchev–Trinajstić information content (AvgIpc) is 2.71. The lowest BCUT2D eigenvalue weighted by atomic mass is 9.97. The second-order valence-corrected chi connectivity index (χ2v) is 4.35. The monoisotopic (exact) mass is 282 g/mol. The van der Waals surface area contributed by atoms with Gasteiger partial charge < -0.3 is 40.5 Å². The van der Waals surface area contributed by atoms with Gasteiger partial charge in [-0.15, -0.1) is 0 Å². The Morgan fingerprint density at radius 2 is 1.68 bits per heavy atom. The van der Waals surface area contributed by atoms with Gasteiger partial charge in [0.2, 0.25) is 0 Å². The second-order valence-electron chi connectivity index (χ2n) is 4.35. The van der Waals surface area contributed by atoms with Crippen LogP contribution in [0.4, 0.5) is 0 Å². The number of carbonyl (C=O) groups excluding carboxylic acids is 1. The Morgan fingerprint density at radius 3 is 2.11 bits per heavy atom. The van der Waals surface area contributed by atoms with E-state index in [1.807, 2.05) is 0 Å². The van der Waals surface area contributed by atoms with Crippen LogP contribution in [-0.2, 0) is 9.53 Å². The van der Waals surface area contributed by atoms with Crippen molar-refractivity contribution in [2.75, 3.05) is 13.2 Å². The van der Waals surface area contributed by atoms with Crippen molar-refractivity contribution >= 4 is 5.78 Å². The zero-order valence-corrected chi connectivity index (χ0v) is 9.90. The summed E-state index contributed by atoms with van der Waals surface area (Å²) in [5, 5.41) is 64.4. The quantitative estimate of drug-likeness (QED) is 0.252. The summed E-state index contributed by atoms with van der Waals surface area (Å²) in [6.45, 7) is -1.51. The van der Waals surface area contributed by atoms with Crippen molar-refractivity contribution in [2.45, 2.75) is 42.7 Å². The van der Waals surface area contributed by atoms with Crippen LogP contribution in [0.5, 0.6) is 0 Å². The van der Waals surface area contributed by atoms with Crippen molar-refractivity contribution in [1.82, 2.24) is 0 Å². The fraction of sp³-hybridized carbons (Fsp3) is 0.900. The van der Waals surface area contributed by atoms with Crippen LogP contribution in [0.2, 0.25) is 0 Å². The summed E-state index contributed by atoms with van der Waals surface area (Å²) in [7, 11) is 0. The third-order valence-corrected chi connectivity index (χ3v) is 3.02. The highest BCUT2D eigenvalue weighted by Gasteiger charge is 2.48. The molecule has 1 aliphatic heterocycles. The van der Waals surface area contributed by atoms with Gasteiger partial charge in [0.15, 0.2) is 5.78 Å². The van der Waals surface area contributed by atoms with Crippen molar-refractivity contribution in [3.8, 4) is 0 Å². The molecule has 112 valence electrons. The lowest BCUT2D eigenvalue weighted by Gasteiger charge is -2.23. The SMILES string of the molecule is O=C(C1O[C@H](CO)[C@@H](O)[C@H]1O)[C@H](O)[C@H](O)[C@H](O)CO. The van der Waals surface area contributed by atoms with Gasteiger partial charge in [-0.25, -0.2) is 0 Å². The van der Waals surface area contributed by atoms with E-state index in [1.165, 1.54) is 0 Å². The van der Waals surface area contributed by atoms with Crippen LogP contribution >= 0.6 is 0 Å². The van der Waals surface area contributed by atoms with Crippen LogP contribution in [0.1, 0.15) is 0 Å². The highest BCUT2D eigenvalue weighted by Crippen LogP contribution is 2.23. The van der Waals surface area contributed by atoms with Gasteiger partial charge in [-0.05, 0) is 0 Å². The molecule has 0 radical (unpaired) electrons. The summed E-state index contributed by atoms with van der Waals surface area (Å²) in [5.74, 6) is -1.16. The minimum atomic E-state index is -2.11. The van der Waals surface area contributed by atoms with Crippen LogP contribution in [0.15, 0.2) is 0 Å². The molecule has 0 spiro atoms. The fourth-order valence-electron chi connectivity index (χ4n) is 1.79. The lowest BCUT2D eigenvalue weighted by molar-refractivity contribution is -0.154. The molecule has 9 heteroatoms. The van der Waals surface area contributed by atoms with Crippen molar-refractivity contribution in [3.63, 3.8) is 0 Å². The molecule has 0 aliphatic carbocycles. The van der Waals surface area contributed by atoms with E-state index in [0.29, 0.717) is 0 Å². The van der Waals surface area contributed by atoms with E-state index in [-0.39, 0.29) is 0 Å². The summed E-state index contributed by atoms with van der Waals surface area (Å²) in [4.78, 5) is 11.7. The predicted octanol–water partition coefficient (Wildman–Crippen LogP) is -4.89. The first kappa shape index (κ1) is 16.4. The number of ketones is 1. The van der Waals surface area contributed by atoms with E-state index in [9.17, 15) is 25.2 Å². The minimum Gasteiger partial charge on any atom is -0.394 e. The van der Waals surface area contributed by atoms with Gasteiger partial charge in [-0.3, -0.25) is 4.79 Å². The molecule has 0 bridgehead atoms. The molecule has 9 nitrogen and oxygen atoms in total. The number of aliphatic hydroxyl groups is 7. The zero-order chi connectivity index (χ0) is 14.7. The standard InChI is InChI=1S/C10H18O9/c11-1-3(13)5(14)7(16)9(18)10-8(17)6(15)4(2-12)19-10/h3-8,10-17H,1-2H2/t3-,4-,5-,6-,7-,8-,10?/m1/s1. The maximum Gasteiger partial charge on any atom is 0.195 e. The number of hydrogen-bond acceptors (Lipinski definition) is 9. The van der Waals surface area contributed by atoms with E-state index in [1.54, 1.807) is 0 Å². The van der Waals surface area contributed by atoms with Crippen LogP contribution < -0.4 is 0 Å². The van der Waals surface area contributed by atoms with Gasteiger partial charge in [-0.1, -0.05) is 0 Å². The third-order valence-electron chi connectivity index (χ3n) is 3.02. The van der Waals surface area contributed by atoms with Gasteiger partial charge in [0.1, 0.15) is 42.7 Å². The Morgan fingerprint density at radius 1 is 1.11 bits per heavy atom. The summed E-state index contributed by atoms with van der Waals surface area (Å²) in [6, 6.07) is 0. The van der Waals surface area contributed by atoms with Gasteiger partial charge in [-0.2, -0.15) is 0 Å². The first-order chi connectivity index (χ1) is 8.84. The summed E-state index contributed by atoms with van der Waals surface area (Å²) < 4.78 is 4.87. The van der Waals surface area contributed by atoms with Crippen molar-refractivity contribution in [3.05, 3.63) is 0 Å². The Bertz CT molecular complexity index is 309. The fourth-order valence-corrected chi connectivity index (χ4v) is 1.79. The molecule has 19 heavy (non-hydrogen) atoms. The largest absolute Gasteiger partial charge is 0.394 e. The normalized spacial score (nSPS) is 35.9. The maximum absolute atomic E-state index is 11.7. The number of Topliss-reactive ketones (excluding diaryl/α,β-unsaturated/α-hetero) is 1. The highest BCUT2D eigenvalue weighted by molar-refractivity contribution is 5.88. The number of hydrogen-bond donors (Lipinski definition) is 7. The van der Waals surface area contributed by atoms with Crippen LogP contribution in [0, 0.1) is 0 Å². The first-order valence-electron chi connectivity index (χ1n) is 5.66. The summed E-state index contributed by atoms with van der Waals surface area (Å²) >= 11 is 0. The summed E-state index contributed by atoms with van der Waals surface area (Å²) in [6.07, 6.45) is -11.8. The summed E-state index contributed by atoms with van der Waals surface area (Å²) in [5.41, 5.74) is 0. The van der Waals surface area contributed by atoms with Crippen LogP contribution in [0.3, 0.4) is 0 Å². The average molecular weight is 282 g/mol. The van der Waals surface area contributed by atoms with Crippen molar-refractivity contribution < 1.29 is 45.3 Å². The van der Waals surface area contributed by atoms with Gasteiger partial charge >= 0.3 is 0 Å². The molecule has 0 saturated carbocycles. The molecule has 1 unspecified atom stereocenters.